The predicted octanol–water partition coefficient (Wildman–Crippen LogP) is 20.2. The highest BCUT2D eigenvalue weighted by Crippen LogP contribution is 2.64. The first-order valence-corrected chi connectivity index (χ1v) is 34.0. The lowest BCUT2D eigenvalue weighted by Gasteiger charge is -2.52. The van der Waals surface area contributed by atoms with Gasteiger partial charge in [0.1, 0.15) is 0 Å². The minimum atomic E-state index is -2.18. The first-order chi connectivity index (χ1) is 34.5. The van der Waals surface area contributed by atoms with Crippen molar-refractivity contribution >= 4 is 82.6 Å². The van der Waals surface area contributed by atoms with Gasteiger partial charge in [-0.1, -0.05) is 193 Å². The Morgan fingerprint density at radius 1 is 0.352 bits per heavy atom. The van der Waals surface area contributed by atoms with Gasteiger partial charge in [0.05, 0.1) is 21.8 Å². The molecule has 71 heavy (non-hydrogen) atoms. The minimum absolute atomic E-state index is 0.130. The lowest BCUT2D eigenvalue weighted by Crippen LogP contribution is -2.63. The molecule has 3 aliphatic rings. The minimum Gasteiger partial charge on any atom is -0.310 e. The molecule has 2 fully saturated rings. The van der Waals surface area contributed by atoms with E-state index in [4.69, 9.17) is 0 Å². The van der Waals surface area contributed by atoms with Gasteiger partial charge in [0.2, 0.25) is 0 Å². The summed E-state index contributed by atoms with van der Waals surface area (Å²) in [6, 6.07) is 70.5. The Kier molecular flexibility index (Phi) is 11.7. The van der Waals surface area contributed by atoms with E-state index in [1.54, 1.807) is 11.1 Å². The first kappa shape index (κ1) is 45.9. The van der Waals surface area contributed by atoms with Crippen LogP contribution in [0.2, 0.25) is 39.3 Å². The van der Waals surface area contributed by atoms with Gasteiger partial charge in [-0.3, -0.25) is 0 Å². The summed E-state index contributed by atoms with van der Waals surface area (Å²) in [4.78, 5) is 5.07. The number of hydrogen-bond donors (Lipinski definition) is 0. The first-order valence-electron chi connectivity index (χ1n) is 27.0. The van der Waals surface area contributed by atoms with Crippen molar-refractivity contribution in [3.05, 3.63) is 204 Å². The van der Waals surface area contributed by atoms with Gasteiger partial charge in [-0.05, 0) is 165 Å². The second kappa shape index (κ2) is 18.1. The van der Waals surface area contributed by atoms with Gasteiger partial charge in [0.15, 0.2) is 0 Å². The van der Waals surface area contributed by atoms with Crippen LogP contribution in [0.5, 0.6) is 0 Å². The zero-order valence-electron chi connectivity index (χ0n) is 42.9. The van der Waals surface area contributed by atoms with Crippen LogP contribution in [0.25, 0.3) is 43.4 Å². The van der Waals surface area contributed by atoms with Crippen molar-refractivity contribution in [2.45, 2.75) is 120 Å². The van der Waals surface area contributed by atoms with E-state index in [0.29, 0.717) is 11.8 Å². The molecule has 0 heterocycles. The highest BCUT2D eigenvalue weighted by atomic mass is 28.4. The van der Waals surface area contributed by atoms with Gasteiger partial charge in [-0.25, -0.2) is 0 Å². The summed E-state index contributed by atoms with van der Waals surface area (Å²) in [6.45, 7) is 16.1. The molecule has 0 aromatic heterocycles. The van der Waals surface area contributed by atoms with Gasteiger partial charge in [-0.2, -0.15) is 0 Å². The third kappa shape index (κ3) is 7.62. The van der Waals surface area contributed by atoms with Crippen molar-refractivity contribution in [3.63, 3.8) is 0 Å². The number of fused-ring (bicyclic) bond motifs is 10. The summed E-state index contributed by atoms with van der Waals surface area (Å²) in [6.07, 6.45) is 13.3. The standard InChI is InChI=1S/C67H70N2Si2/c1-70(2,3)67(71(4,5)6)62-46-63(69(52-29-17-10-18-30-52)54-41-37-50(38-42-54)48-25-13-8-14-26-48)57-32-20-22-34-59(57)64(62)65-58-33-21-19-31-56(58)61-45-55(43-44-60(61)66(65)67)68(51-27-15-9-16-28-51)53-39-35-49(36-40-53)47-23-11-7-12-24-47/h9-10,15-22,27-48H,7-8,11-14,23-26H2,1-6H3. The molecule has 0 aliphatic heterocycles. The SMILES string of the molecule is C[Si](C)(C)C1([Si](C)(C)C)c2cc(N(c3ccccc3)c3ccc(C4CCCCC4)cc3)c3ccccc3c2-c2c1c1ccc(N(c3ccccc3)c3ccc(C4CCCCC4)cc3)cc1c1ccccc21. The fourth-order valence-electron chi connectivity index (χ4n) is 14.6. The lowest BCUT2D eigenvalue weighted by molar-refractivity contribution is 0.443. The third-order valence-electron chi connectivity index (χ3n) is 17.3. The summed E-state index contributed by atoms with van der Waals surface area (Å²) < 4.78 is -0.130. The van der Waals surface area contributed by atoms with Crippen molar-refractivity contribution in [2.24, 2.45) is 0 Å². The fourth-order valence-corrected chi connectivity index (χ4v) is 27.6. The van der Waals surface area contributed by atoms with Crippen LogP contribution >= 0.6 is 0 Å². The molecule has 0 radical (unpaired) electrons. The summed E-state index contributed by atoms with van der Waals surface area (Å²) in [7, 11) is -4.35. The lowest BCUT2D eigenvalue weighted by atomic mass is 9.84. The molecule has 3 aliphatic carbocycles. The van der Waals surface area contributed by atoms with Crippen LogP contribution in [0.4, 0.5) is 34.1 Å². The average Bonchev–Trinajstić information content (AvgIpc) is 3.74. The molecule has 12 rings (SSSR count). The zero-order chi connectivity index (χ0) is 48.5. The third-order valence-corrected chi connectivity index (χ3v) is 27.3. The Balaban J connectivity index is 1.11. The number of para-hydroxylation sites is 2. The number of hydrogen-bond acceptors (Lipinski definition) is 2. The van der Waals surface area contributed by atoms with E-state index in [9.17, 15) is 0 Å². The summed E-state index contributed by atoms with van der Waals surface area (Å²) in [5.74, 6) is 1.34. The zero-order valence-corrected chi connectivity index (χ0v) is 44.9. The van der Waals surface area contributed by atoms with Crippen molar-refractivity contribution < 1.29 is 0 Å². The van der Waals surface area contributed by atoms with Crippen LogP contribution in [0, 0.1) is 0 Å². The Labute approximate surface area is 425 Å². The Morgan fingerprint density at radius 2 is 0.775 bits per heavy atom. The van der Waals surface area contributed by atoms with Gasteiger partial charge in [0.25, 0.3) is 0 Å². The van der Waals surface area contributed by atoms with E-state index in [1.165, 1.54) is 153 Å². The molecule has 0 atom stereocenters. The Morgan fingerprint density at radius 3 is 1.30 bits per heavy atom. The largest absolute Gasteiger partial charge is 0.310 e. The second-order valence-corrected chi connectivity index (χ2v) is 34.3. The van der Waals surface area contributed by atoms with Gasteiger partial charge in [-0.15, -0.1) is 0 Å². The van der Waals surface area contributed by atoms with Crippen LogP contribution in [0.15, 0.2) is 182 Å². The molecule has 2 saturated carbocycles. The fraction of sp³-hybridized carbons (Fsp3) is 0.284. The molecule has 0 spiro atoms. The molecule has 0 saturated heterocycles. The van der Waals surface area contributed by atoms with Gasteiger partial charge >= 0.3 is 0 Å². The number of benzene rings is 9. The average molecular weight is 959 g/mol. The molecule has 9 aromatic rings. The van der Waals surface area contributed by atoms with E-state index in [2.05, 4.69) is 231 Å². The summed E-state index contributed by atoms with van der Waals surface area (Å²) in [5, 5.41) is 8.10. The maximum absolute atomic E-state index is 2.71. The number of nitrogens with zero attached hydrogens (tertiary/aromatic N) is 2. The summed E-state index contributed by atoms with van der Waals surface area (Å²) >= 11 is 0. The summed E-state index contributed by atoms with van der Waals surface area (Å²) in [5.41, 5.74) is 16.3. The maximum atomic E-state index is 2.71. The van der Waals surface area contributed by atoms with Crippen LogP contribution in [0.3, 0.4) is 0 Å². The van der Waals surface area contributed by atoms with Crippen LogP contribution in [0.1, 0.15) is 98.3 Å². The molecule has 0 bridgehead atoms. The number of rotatable bonds is 10. The Hall–Kier alpha value is -6.21. The molecule has 356 valence electrons. The van der Waals surface area contributed by atoms with Gasteiger partial charge < -0.3 is 9.80 Å². The molecule has 0 amide bonds. The van der Waals surface area contributed by atoms with Crippen LogP contribution in [-0.4, -0.2) is 16.1 Å². The van der Waals surface area contributed by atoms with Gasteiger partial charge in [0, 0.05) is 38.5 Å². The molecule has 2 nitrogen and oxygen atoms in total. The van der Waals surface area contributed by atoms with Crippen molar-refractivity contribution in [2.75, 3.05) is 9.80 Å². The normalized spacial score (nSPS) is 16.3. The molecule has 9 aromatic carbocycles. The topological polar surface area (TPSA) is 6.48 Å². The maximum Gasteiger partial charge on any atom is 0.0579 e. The molecule has 0 unspecified atom stereocenters. The smallest absolute Gasteiger partial charge is 0.0579 e. The molecule has 0 N–H and O–H groups in total. The van der Waals surface area contributed by atoms with Crippen molar-refractivity contribution in [1.82, 2.24) is 0 Å². The highest BCUT2D eigenvalue weighted by Gasteiger charge is 2.60. The quantitative estimate of drug-likeness (QED) is 0.0995. The van der Waals surface area contributed by atoms with Crippen LogP contribution < -0.4 is 9.80 Å². The van der Waals surface area contributed by atoms with E-state index in [0.717, 1.165) is 0 Å². The van der Waals surface area contributed by atoms with Crippen molar-refractivity contribution in [3.8, 4) is 11.1 Å². The molecular weight excluding hydrogens is 889 g/mol. The predicted molar refractivity (Wildman–Crippen MR) is 313 cm³/mol. The highest BCUT2D eigenvalue weighted by molar-refractivity contribution is 7.00. The van der Waals surface area contributed by atoms with E-state index in [-0.39, 0.29) is 4.66 Å². The second-order valence-electron chi connectivity index (χ2n) is 23.3. The Bertz CT molecular complexity index is 3380. The van der Waals surface area contributed by atoms with Crippen LogP contribution in [-0.2, 0) is 4.66 Å². The van der Waals surface area contributed by atoms with Crippen molar-refractivity contribution in [1.29, 1.82) is 0 Å². The molecule has 4 heteroatoms. The monoisotopic (exact) mass is 959 g/mol. The van der Waals surface area contributed by atoms with E-state index < -0.39 is 16.1 Å². The number of anilines is 6. The van der Waals surface area contributed by atoms with E-state index in [1.807, 2.05) is 0 Å². The molecular formula is C67H70N2Si2. The van der Waals surface area contributed by atoms with E-state index >= 15 is 0 Å².